The SMILES string of the molecule is CCOc1ccc(NCc2csc(C)n2)cc1Cl. The van der Waals surface area contributed by atoms with Gasteiger partial charge in [-0.15, -0.1) is 11.3 Å². The van der Waals surface area contributed by atoms with Crippen LogP contribution < -0.4 is 10.1 Å². The summed E-state index contributed by atoms with van der Waals surface area (Å²) in [6, 6.07) is 5.70. The van der Waals surface area contributed by atoms with Gasteiger partial charge in [0.05, 0.1) is 28.9 Å². The lowest BCUT2D eigenvalue weighted by atomic mass is 10.3. The van der Waals surface area contributed by atoms with Crippen LogP contribution in [0, 0.1) is 6.92 Å². The molecular weight excluding hydrogens is 268 g/mol. The van der Waals surface area contributed by atoms with Gasteiger partial charge in [-0.05, 0) is 32.0 Å². The molecule has 18 heavy (non-hydrogen) atoms. The number of nitrogens with one attached hydrogen (secondary N) is 1. The Morgan fingerprint density at radius 3 is 2.89 bits per heavy atom. The van der Waals surface area contributed by atoms with E-state index in [1.807, 2.05) is 32.0 Å². The number of hydrogen-bond acceptors (Lipinski definition) is 4. The Hall–Kier alpha value is -1.26. The standard InChI is InChI=1S/C13H15ClN2OS/c1-3-17-13-5-4-10(6-12(13)14)15-7-11-8-18-9(2)16-11/h4-6,8,15H,3,7H2,1-2H3. The van der Waals surface area contributed by atoms with Crippen LogP contribution in [0.4, 0.5) is 5.69 Å². The number of aryl methyl sites for hydroxylation is 1. The normalized spacial score (nSPS) is 10.4. The highest BCUT2D eigenvalue weighted by molar-refractivity contribution is 7.09. The molecule has 1 N–H and O–H groups in total. The molecule has 0 amide bonds. The van der Waals surface area contributed by atoms with E-state index >= 15 is 0 Å². The molecule has 3 nitrogen and oxygen atoms in total. The summed E-state index contributed by atoms with van der Waals surface area (Å²) in [5.41, 5.74) is 2.01. The van der Waals surface area contributed by atoms with Gasteiger partial charge in [-0.25, -0.2) is 4.98 Å². The van der Waals surface area contributed by atoms with Gasteiger partial charge in [-0.3, -0.25) is 0 Å². The van der Waals surface area contributed by atoms with E-state index in [1.165, 1.54) is 0 Å². The van der Waals surface area contributed by atoms with Crippen LogP contribution >= 0.6 is 22.9 Å². The lowest BCUT2D eigenvalue weighted by molar-refractivity contribution is 0.340. The zero-order chi connectivity index (χ0) is 13.0. The van der Waals surface area contributed by atoms with Crippen molar-refractivity contribution in [3.8, 4) is 5.75 Å². The molecule has 0 aliphatic carbocycles. The maximum absolute atomic E-state index is 6.12. The van der Waals surface area contributed by atoms with Gasteiger partial charge in [0.15, 0.2) is 0 Å². The number of halogens is 1. The smallest absolute Gasteiger partial charge is 0.138 e. The predicted octanol–water partition coefficient (Wildman–Crippen LogP) is 4.12. The molecule has 0 fully saturated rings. The quantitative estimate of drug-likeness (QED) is 0.896. The van der Waals surface area contributed by atoms with E-state index in [4.69, 9.17) is 16.3 Å². The largest absolute Gasteiger partial charge is 0.492 e. The molecule has 1 aromatic heterocycles. The second-order valence-corrected chi connectivity index (χ2v) is 5.26. The molecule has 0 atom stereocenters. The Balaban J connectivity index is 1.99. The van der Waals surface area contributed by atoms with Crippen molar-refractivity contribution in [3.63, 3.8) is 0 Å². The van der Waals surface area contributed by atoms with Crippen molar-refractivity contribution < 1.29 is 4.74 Å². The summed E-state index contributed by atoms with van der Waals surface area (Å²) in [7, 11) is 0. The number of benzene rings is 1. The van der Waals surface area contributed by atoms with Gasteiger partial charge in [0.25, 0.3) is 0 Å². The second-order valence-electron chi connectivity index (χ2n) is 3.79. The molecule has 96 valence electrons. The van der Waals surface area contributed by atoms with Crippen molar-refractivity contribution in [2.45, 2.75) is 20.4 Å². The van der Waals surface area contributed by atoms with E-state index in [9.17, 15) is 0 Å². The van der Waals surface area contributed by atoms with Gasteiger partial charge in [-0.2, -0.15) is 0 Å². The first-order chi connectivity index (χ1) is 8.69. The van der Waals surface area contributed by atoms with E-state index in [1.54, 1.807) is 11.3 Å². The van der Waals surface area contributed by atoms with Crippen molar-refractivity contribution >= 4 is 28.6 Å². The van der Waals surface area contributed by atoms with Crippen molar-refractivity contribution in [2.24, 2.45) is 0 Å². The van der Waals surface area contributed by atoms with Crippen LogP contribution in [0.3, 0.4) is 0 Å². The van der Waals surface area contributed by atoms with E-state index < -0.39 is 0 Å². The molecule has 0 saturated heterocycles. The molecule has 0 saturated carbocycles. The average Bonchev–Trinajstić information content (AvgIpc) is 2.76. The predicted molar refractivity (Wildman–Crippen MR) is 76.8 cm³/mol. The topological polar surface area (TPSA) is 34.1 Å². The first-order valence-electron chi connectivity index (χ1n) is 5.76. The van der Waals surface area contributed by atoms with Crippen LogP contribution in [0.15, 0.2) is 23.6 Å². The third-order valence-electron chi connectivity index (χ3n) is 2.37. The zero-order valence-electron chi connectivity index (χ0n) is 10.4. The molecule has 1 aromatic carbocycles. The fraction of sp³-hybridized carbons (Fsp3) is 0.308. The van der Waals surface area contributed by atoms with E-state index in [-0.39, 0.29) is 0 Å². The molecule has 2 rings (SSSR count). The lowest BCUT2D eigenvalue weighted by Crippen LogP contribution is -2.00. The Morgan fingerprint density at radius 2 is 2.28 bits per heavy atom. The third-order valence-corrected chi connectivity index (χ3v) is 3.49. The fourth-order valence-electron chi connectivity index (χ4n) is 1.57. The highest BCUT2D eigenvalue weighted by Crippen LogP contribution is 2.27. The molecule has 5 heteroatoms. The highest BCUT2D eigenvalue weighted by Gasteiger charge is 2.03. The van der Waals surface area contributed by atoms with Crippen molar-refractivity contribution in [2.75, 3.05) is 11.9 Å². The zero-order valence-corrected chi connectivity index (χ0v) is 11.9. The number of rotatable bonds is 5. The summed E-state index contributed by atoms with van der Waals surface area (Å²) < 4.78 is 5.39. The molecule has 0 spiro atoms. The van der Waals surface area contributed by atoms with Crippen LogP contribution in [0.5, 0.6) is 5.75 Å². The van der Waals surface area contributed by atoms with E-state index in [0.717, 1.165) is 16.4 Å². The molecule has 0 unspecified atom stereocenters. The summed E-state index contributed by atoms with van der Waals surface area (Å²) in [6.45, 7) is 5.26. The molecule has 0 radical (unpaired) electrons. The Labute approximate surface area is 116 Å². The molecule has 2 aromatic rings. The van der Waals surface area contributed by atoms with Crippen molar-refractivity contribution in [1.29, 1.82) is 0 Å². The number of ether oxygens (including phenoxy) is 1. The lowest BCUT2D eigenvalue weighted by Gasteiger charge is -2.09. The number of nitrogens with zero attached hydrogens (tertiary/aromatic N) is 1. The number of thiazole rings is 1. The van der Waals surface area contributed by atoms with E-state index in [0.29, 0.717) is 23.9 Å². The molecular formula is C13H15ClN2OS. The van der Waals surface area contributed by atoms with Crippen LogP contribution in [0.1, 0.15) is 17.6 Å². The first-order valence-corrected chi connectivity index (χ1v) is 7.02. The van der Waals surface area contributed by atoms with Crippen molar-refractivity contribution in [3.05, 3.63) is 39.3 Å². The van der Waals surface area contributed by atoms with E-state index in [2.05, 4.69) is 15.7 Å². The minimum absolute atomic E-state index is 0.616. The summed E-state index contributed by atoms with van der Waals surface area (Å²) in [5, 5.41) is 7.04. The maximum atomic E-state index is 6.12. The summed E-state index contributed by atoms with van der Waals surface area (Å²) in [5.74, 6) is 0.717. The van der Waals surface area contributed by atoms with Crippen LogP contribution in [0.25, 0.3) is 0 Å². The number of anilines is 1. The summed E-state index contributed by atoms with van der Waals surface area (Å²) in [6.07, 6.45) is 0. The van der Waals surface area contributed by atoms with Gasteiger partial charge >= 0.3 is 0 Å². The fourth-order valence-corrected chi connectivity index (χ4v) is 2.41. The summed E-state index contributed by atoms with van der Waals surface area (Å²) in [4.78, 5) is 4.39. The van der Waals surface area contributed by atoms with Crippen LogP contribution in [-0.4, -0.2) is 11.6 Å². The molecule has 0 bridgehead atoms. The monoisotopic (exact) mass is 282 g/mol. The Kier molecular flexibility index (Phi) is 4.44. The second kappa shape index (κ2) is 6.07. The van der Waals surface area contributed by atoms with Gasteiger partial charge < -0.3 is 10.1 Å². The number of aromatic nitrogens is 1. The number of hydrogen-bond donors (Lipinski definition) is 1. The Bertz CT molecular complexity index is 527. The molecule has 0 aliphatic rings. The van der Waals surface area contributed by atoms with Gasteiger partial charge in [-0.1, -0.05) is 11.6 Å². The van der Waals surface area contributed by atoms with Gasteiger partial charge in [0.2, 0.25) is 0 Å². The first kappa shape index (κ1) is 13.2. The van der Waals surface area contributed by atoms with Crippen LogP contribution in [0.2, 0.25) is 5.02 Å². The Morgan fingerprint density at radius 1 is 1.44 bits per heavy atom. The van der Waals surface area contributed by atoms with Gasteiger partial charge in [0.1, 0.15) is 5.75 Å². The average molecular weight is 283 g/mol. The minimum Gasteiger partial charge on any atom is -0.492 e. The van der Waals surface area contributed by atoms with Crippen molar-refractivity contribution in [1.82, 2.24) is 4.98 Å². The minimum atomic E-state index is 0.616. The summed E-state index contributed by atoms with van der Waals surface area (Å²) >= 11 is 7.77. The molecule has 0 aliphatic heterocycles. The van der Waals surface area contributed by atoms with Crippen LogP contribution in [-0.2, 0) is 6.54 Å². The third kappa shape index (κ3) is 3.37. The highest BCUT2D eigenvalue weighted by atomic mass is 35.5. The maximum Gasteiger partial charge on any atom is 0.138 e. The molecule has 1 heterocycles. The van der Waals surface area contributed by atoms with Gasteiger partial charge in [0, 0.05) is 11.1 Å².